The summed E-state index contributed by atoms with van der Waals surface area (Å²) in [6.07, 6.45) is 3.58. The first-order valence-electron chi connectivity index (χ1n) is 5.42. The van der Waals surface area contributed by atoms with Gasteiger partial charge in [0.1, 0.15) is 17.7 Å². The van der Waals surface area contributed by atoms with E-state index in [1.807, 2.05) is 0 Å². The van der Waals surface area contributed by atoms with Crippen LogP contribution in [-0.2, 0) is 0 Å². The molecule has 0 saturated heterocycles. The smallest absolute Gasteiger partial charge is 0.123 e. The number of ether oxygens (including phenoxy) is 1. The Bertz CT molecular complexity index is 312. The summed E-state index contributed by atoms with van der Waals surface area (Å²) in [6, 6.07) is 6.17. The molecule has 0 bridgehead atoms. The van der Waals surface area contributed by atoms with Crippen molar-refractivity contribution < 1.29 is 9.13 Å². The van der Waals surface area contributed by atoms with E-state index in [0.29, 0.717) is 12.5 Å². The highest BCUT2D eigenvalue weighted by Gasteiger charge is 2.27. The second-order valence-corrected chi connectivity index (χ2v) is 4.04. The number of nitrogens with two attached hydrogens (primary N) is 1. The molecule has 2 unspecified atom stereocenters. The second kappa shape index (κ2) is 4.62. The van der Waals surface area contributed by atoms with Gasteiger partial charge in [0.25, 0.3) is 0 Å². The lowest BCUT2D eigenvalue weighted by Crippen LogP contribution is -2.27. The fraction of sp³-hybridized carbons (Fsp3) is 0.500. The number of benzene rings is 1. The third kappa shape index (κ3) is 2.48. The predicted octanol–water partition coefficient (Wildman–Crippen LogP) is 2.33. The van der Waals surface area contributed by atoms with Crippen LogP contribution < -0.4 is 10.5 Å². The molecule has 2 atom stereocenters. The molecule has 1 aliphatic carbocycles. The topological polar surface area (TPSA) is 35.2 Å². The van der Waals surface area contributed by atoms with Gasteiger partial charge in [0.05, 0.1) is 0 Å². The maximum absolute atomic E-state index is 12.7. The molecule has 15 heavy (non-hydrogen) atoms. The van der Waals surface area contributed by atoms with Gasteiger partial charge in [-0.2, -0.15) is 0 Å². The Kier molecular flexibility index (Phi) is 3.21. The van der Waals surface area contributed by atoms with Crippen molar-refractivity contribution in [2.45, 2.75) is 25.4 Å². The molecule has 0 aromatic heterocycles. The van der Waals surface area contributed by atoms with Gasteiger partial charge in [-0.25, -0.2) is 4.39 Å². The van der Waals surface area contributed by atoms with Gasteiger partial charge in [-0.1, -0.05) is 0 Å². The zero-order chi connectivity index (χ0) is 10.7. The summed E-state index contributed by atoms with van der Waals surface area (Å²) < 4.78 is 18.5. The summed E-state index contributed by atoms with van der Waals surface area (Å²) in [7, 11) is 0. The van der Waals surface area contributed by atoms with Crippen molar-refractivity contribution in [3.8, 4) is 5.75 Å². The molecule has 3 heteroatoms. The molecule has 2 nitrogen and oxygen atoms in total. The summed E-state index contributed by atoms with van der Waals surface area (Å²) in [6.45, 7) is 0.672. The molecular weight excluding hydrogens is 193 g/mol. The van der Waals surface area contributed by atoms with E-state index in [9.17, 15) is 4.39 Å². The van der Waals surface area contributed by atoms with E-state index in [1.54, 1.807) is 12.1 Å². The Hall–Kier alpha value is -1.09. The molecule has 1 fully saturated rings. The molecule has 1 saturated carbocycles. The first-order valence-corrected chi connectivity index (χ1v) is 5.42. The lowest BCUT2D eigenvalue weighted by atomic mass is 10.1. The van der Waals surface area contributed by atoms with Gasteiger partial charge in [0.15, 0.2) is 0 Å². The average Bonchev–Trinajstić information content (AvgIpc) is 2.69. The Morgan fingerprint density at radius 3 is 2.67 bits per heavy atom. The molecule has 0 spiro atoms. The first kappa shape index (κ1) is 10.4. The van der Waals surface area contributed by atoms with Gasteiger partial charge < -0.3 is 10.5 Å². The molecular formula is C12H16FNO. The molecule has 0 radical (unpaired) electrons. The quantitative estimate of drug-likeness (QED) is 0.829. The van der Waals surface area contributed by atoms with Gasteiger partial charge in [-0.05, 0) is 50.1 Å². The molecule has 2 N–H and O–H groups in total. The van der Waals surface area contributed by atoms with Crippen LogP contribution in [0.25, 0.3) is 0 Å². The van der Waals surface area contributed by atoms with Crippen molar-refractivity contribution in [3.63, 3.8) is 0 Å². The molecule has 2 rings (SSSR count). The number of halogens is 1. The Labute approximate surface area is 89.2 Å². The van der Waals surface area contributed by atoms with Crippen molar-refractivity contribution in [1.29, 1.82) is 0 Å². The van der Waals surface area contributed by atoms with Gasteiger partial charge in [0.2, 0.25) is 0 Å². The Balaban J connectivity index is 1.99. The van der Waals surface area contributed by atoms with E-state index in [-0.39, 0.29) is 11.9 Å². The number of hydrogen-bond acceptors (Lipinski definition) is 2. The van der Waals surface area contributed by atoms with Crippen molar-refractivity contribution in [3.05, 3.63) is 30.1 Å². The normalized spacial score (nSPS) is 25.5. The lowest BCUT2D eigenvalue weighted by Gasteiger charge is -2.19. The van der Waals surface area contributed by atoms with E-state index < -0.39 is 0 Å². The lowest BCUT2D eigenvalue weighted by molar-refractivity contribution is 0.162. The maximum Gasteiger partial charge on any atom is 0.123 e. The number of rotatable bonds is 3. The minimum absolute atomic E-state index is 0.209. The van der Waals surface area contributed by atoms with Crippen molar-refractivity contribution in [1.82, 2.24) is 0 Å². The summed E-state index contributed by atoms with van der Waals surface area (Å²) in [5, 5.41) is 0. The van der Waals surface area contributed by atoms with E-state index in [1.165, 1.54) is 18.6 Å². The molecule has 1 aromatic rings. The largest absolute Gasteiger partial charge is 0.490 e. The minimum Gasteiger partial charge on any atom is -0.490 e. The molecule has 1 aromatic carbocycles. The SMILES string of the molecule is NCC1CCCC1Oc1ccc(F)cc1. The van der Waals surface area contributed by atoms with Crippen LogP contribution in [0.2, 0.25) is 0 Å². The monoisotopic (exact) mass is 209 g/mol. The van der Waals surface area contributed by atoms with Gasteiger partial charge in [-0.3, -0.25) is 0 Å². The van der Waals surface area contributed by atoms with Crippen LogP contribution in [0.1, 0.15) is 19.3 Å². The third-order valence-corrected chi connectivity index (χ3v) is 2.99. The molecule has 82 valence electrons. The van der Waals surface area contributed by atoms with Crippen LogP contribution in [0.3, 0.4) is 0 Å². The van der Waals surface area contributed by atoms with E-state index >= 15 is 0 Å². The summed E-state index contributed by atoms with van der Waals surface area (Å²) in [5.41, 5.74) is 5.66. The van der Waals surface area contributed by atoms with Crippen LogP contribution >= 0.6 is 0 Å². The van der Waals surface area contributed by atoms with Crippen molar-refractivity contribution in [2.75, 3.05) is 6.54 Å². The van der Waals surface area contributed by atoms with E-state index in [4.69, 9.17) is 10.5 Å². The van der Waals surface area contributed by atoms with E-state index in [2.05, 4.69) is 0 Å². The van der Waals surface area contributed by atoms with Crippen molar-refractivity contribution in [2.24, 2.45) is 11.7 Å². The highest BCUT2D eigenvalue weighted by molar-refractivity contribution is 5.22. The van der Waals surface area contributed by atoms with Crippen LogP contribution in [0.4, 0.5) is 4.39 Å². The Morgan fingerprint density at radius 2 is 2.00 bits per heavy atom. The molecule has 0 amide bonds. The minimum atomic E-state index is -0.232. The van der Waals surface area contributed by atoms with E-state index in [0.717, 1.165) is 18.6 Å². The van der Waals surface area contributed by atoms with Crippen molar-refractivity contribution >= 4 is 0 Å². The zero-order valence-electron chi connectivity index (χ0n) is 8.66. The van der Waals surface area contributed by atoms with Crippen LogP contribution in [0, 0.1) is 11.7 Å². The van der Waals surface area contributed by atoms with Crippen LogP contribution in [-0.4, -0.2) is 12.6 Å². The standard InChI is InChI=1S/C12H16FNO/c13-10-4-6-11(7-5-10)15-12-3-1-2-9(12)8-14/h4-7,9,12H,1-3,8,14H2. The van der Waals surface area contributed by atoms with Crippen LogP contribution in [0.15, 0.2) is 24.3 Å². The summed E-state index contributed by atoms with van der Waals surface area (Å²) in [4.78, 5) is 0. The third-order valence-electron chi connectivity index (χ3n) is 2.99. The zero-order valence-corrected chi connectivity index (χ0v) is 8.66. The Morgan fingerprint density at radius 1 is 1.27 bits per heavy atom. The number of hydrogen-bond donors (Lipinski definition) is 1. The fourth-order valence-electron chi connectivity index (χ4n) is 2.12. The summed E-state index contributed by atoms with van der Waals surface area (Å²) in [5.74, 6) is 0.959. The van der Waals surface area contributed by atoms with Gasteiger partial charge in [-0.15, -0.1) is 0 Å². The van der Waals surface area contributed by atoms with Crippen LogP contribution in [0.5, 0.6) is 5.75 Å². The molecule has 0 heterocycles. The summed E-state index contributed by atoms with van der Waals surface area (Å²) >= 11 is 0. The highest BCUT2D eigenvalue weighted by Crippen LogP contribution is 2.28. The van der Waals surface area contributed by atoms with Gasteiger partial charge in [0, 0.05) is 5.92 Å². The average molecular weight is 209 g/mol. The molecule has 1 aliphatic rings. The molecule has 0 aliphatic heterocycles. The van der Waals surface area contributed by atoms with Gasteiger partial charge >= 0.3 is 0 Å². The second-order valence-electron chi connectivity index (χ2n) is 4.04. The maximum atomic E-state index is 12.7. The predicted molar refractivity (Wildman–Crippen MR) is 57.2 cm³/mol. The fourth-order valence-corrected chi connectivity index (χ4v) is 2.12. The first-order chi connectivity index (χ1) is 7.29. The highest BCUT2D eigenvalue weighted by atomic mass is 19.1.